The Bertz CT molecular complexity index is 1940. The number of hydrogen-bond donors (Lipinski definition) is 2. The standard InChI is InChI=1S/C34H32N4O5S/c1-23-11-13-24(14-12-23)30-22-27(26-7-3-4-8-28(26)35-30)34(39)36-31-21-25(15-16-32(31)38-17-19-43-20-18-38)44(40,41)37-29-9-5-6-10-33(29)42-2/h3-16,21-22,37H,17-20H2,1-2H3,(H,36,39). The number of para-hydroxylation sites is 3. The largest absolute Gasteiger partial charge is 0.495 e. The summed E-state index contributed by atoms with van der Waals surface area (Å²) in [6.45, 7) is 4.27. The Morgan fingerprint density at radius 1 is 0.886 bits per heavy atom. The van der Waals surface area contributed by atoms with Gasteiger partial charge in [0.2, 0.25) is 0 Å². The van der Waals surface area contributed by atoms with Crippen LogP contribution in [-0.4, -0.2) is 52.7 Å². The number of rotatable bonds is 8. The number of fused-ring (bicyclic) bond motifs is 1. The number of nitrogens with zero attached hydrogens (tertiary/aromatic N) is 2. The Kier molecular flexibility index (Phi) is 8.19. The summed E-state index contributed by atoms with van der Waals surface area (Å²) in [5.74, 6) is 0.0159. The van der Waals surface area contributed by atoms with Gasteiger partial charge in [-0.2, -0.15) is 0 Å². The molecular weight excluding hydrogens is 576 g/mol. The molecule has 1 aliphatic heterocycles. The van der Waals surface area contributed by atoms with Crippen LogP contribution in [0.25, 0.3) is 22.2 Å². The van der Waals surface area contributed by atoms with Crippen LogP contribution in [0, 0.1) is 6.92 Å². The molecule has 2 N–H and O–H groups in total. The third kappa shape index (κ3) is 6.08. The average Bonchev–Trinajstić information content (AvgIpc) is 3.05. The molecule has 4 aromatic carbocycles. The molecule has 1 saturated heterocycles. The van der Waals surface area contributed by atoms with Gasteiger partial charge in [-0.1, -0.05) is 60.2 Å². The van der Waals surface area contributed by atoms with Crippen LogP contribution in [-0.2, 0) is 14.8 Å². The number of aryl methyl sites for hydroxylation is 1. The quantitative estimate of drug-likeness (QED) is 0.219. The Morgan fingerprint density at radius 3 is 2.39 bits per heavy atom. The number of morpholine rings is 1. The van der Waals surface area contributed by atoms with Crippen molar-refractivity contribution in [1.29, 1.82) is 0 Å². The second-order valence-corrected chi connectivity index (χ2v) is 12.2. The molecule has 1 fully saturated rings. The van der Waals surface area contributed by atoms with E-state index in [0.29, 0.717) is 71.3 Å². The molecule has 0 saturated carbocycles. The fourth-order valence-electron chi connectivity index (χ4n) is 5.22. The maximum atomic E-state index is 14.1. The maximum absolute atomic E-state index is 14.1. The molecule has 0 aliphatic carbocycles. The number of ether oxygens (including phenoxy) is 2. The average molecular weight is 609 g/mol. The number of carbonyl (C=O) groups is 1. The molecule has 1 amide bonds. The van der Waals surface area contributed by atoms with Gasteiger partial charge < -0.3 is 19.7 Å². The van der Waals surface area contributed by atoms with Crippen LogP contribution >= 0.6 is 0 Å². The molecule has 0 spiro atoms. The zero-order chi connectivity index (χ0) is 30.7. The zero-order valence-electron chi connectivity index (χ0n) is 24.4. The molecule has 5 aromatic rings. The van der Waals surface area contributed by atoms with Gasteiger partial charge >= 0.3 is 0 Å². The van der Waals surface area contributed by atoms with Crippen molar-refractivity contribution in [3.8, 4) is 17.0 Å². The van der Waals surface area contributed by atoms with E-state index in [1.54, 1.807) is 36.4 Å². The van der Waals surface area contributed by atoms with Crippen molar-refractivity contribution in [2.75, 3.05) is 48.4 Å². The third-order valence-corrected chi connectivity index (χ3v) is 8.90. The second kappa shape index (κ2) is 12.4. The number of hydrogen-bond acceptors (Lipinski definition) is 7. The van der Waals surface area contributed by atoms with Gasteiger partial charge in [0.15, 0.2) is 0 Å². The Hall–Kier alpha value is -4.93. The molecule has 0 radical (unpaired) electrons. The number of amides is 1. The lowest BCUT2D eigenvalue weighted by molar-refractivity contribution is 0.102. The predicted octanol–water partition coefficient (Wildman–Crippen LogP) is 6.11. The highest BCUT2D eigenvalue weighted by Gasteiger charge is 2.23. The van der Waals surface area contributed by atoms with E-state index in [2.05, 4.69) is 14.9 Å². The number of aromatic nitrogens is 1. The van der Waals surface area contributed by atoms with Crippen molar-refractivity contribution >= 4 is 43.9 Å². The van der Waals surface area contributed by atoms with Crippen molar-refractivity contribution in [1.82, 2.24) is 4.98 Å². The number of carbonyl (C=O) groups excluding carboxylic acids is 1. The summed E-state index contributed by atoms with van der Waals surface area (Å²) in [4.78, 5) is 21.0. The monoisotopic (exact) mass is 608 g/mol. The molecule has 10 heteroatoms. The van der Waals surface area contributed by atoms with Crippen molar-refractivity contribution in [3.05, 3.63) is 108 Å². The van der Waals surface area contributed by atoms with Crippen LogP contribution in [0.15, 0.2) is 102 Å². The minimum Gasteiger partial charge on any atom is -0.495 e. The normalized spacial score (nSPS) is 13.5. The number of methoxy groups -OCH3 is 1. The second-order valence-electron chi connectivity index (χ2n) is 10.5. The molecule has 1 aliphatic rings. The van der Waals surface area contributed by atoms with Crippen molar-refractivity contribution in [3.63, 3.8) is 0 Å². The molecule has 6 rings (SSSR count). The first-order valence-corrected chi connectivity index (χ1v) is 15.7. The predicted molar refractivity (Wildman–Crippen MR) is 173 cm³/mol. The highest BCUT2D eigenvalue weighted by Crippen LogP contribution is 2.33. The van der Waals surface area contributed by atoms with Gasteiger partial charge in [-0.3, -0.25) is 9.52 Å². The number of pyridine rings is 1. The summed E-state index contributed by atoms with van der Waals surface area (Å²) in [5, 5.41) is 3.73. The van der Waals surface area contributed by atoms with E-state index in [9.17, 15) is 13.2 Å². The molecular formula is C34H32N4O5S. The van der Waals surface area contributed by atoms with E-state index in [1.807, 2.05) is 55.5 Å². The van der Waals surface area contributed by atoms with Gasteiger partial charge in [-0.15, -0.1) is 0 Å². The molecule has 0 bridgehead atoms. The topological polar surface area (TPSA) is 110 Å². The van der Waals surface area contributed by atoms with Crippen LogP contribution in [0.2, 0.25) is 0 Å². The van der Waals surface area contributed by atoms with Gasteiger partial charge in [-0.05, 0) is 49.4 Å². The van der Waals surface area contributed by atoms with E-state index in [0.717, 1.165) is 11.1 Å². The van der Waals surface area contributed by atoms with Gasteiger partial charge in [0.1, 0.15) is 5.75 Å². The number of anilines is 3. The minimum absolute atomic E-state index is 0.00403. The highest BCUT2D eigenvalue weighted by atomic mass is 32.2. The van der Waals surface area contributed by atoms with Crippen molar-refractivity contribution in [2.45, 2.75) is 11.8 Å². The molecule has 44 heavy (non-hydrogen) atoms. The zero-order valence-corrected chi connectivity index (χ0v) is 25.2. The first-order chi connectivity index (χ1) is 21.3. The SMILES string of the molecule is COc1ccccc1NS(=O)(=O)c1ccc(N2CCOCC2)c(NC(=O)c2cc(-c3ccc(C)cc3)nc3ccccc23)c1. The lowest BCUT2D eigenvalue weighted by Crippen LogP contribution is -2.36. The Morgan fingerprint density at radius 2 is 1.61 bits per heavy atom. The summed E-state index contributed by atoms with van der Waals surface area (Å²) < 4.78 is 40.6. The summed E-state index contributed by atoms with van der Waals surface area (Å²) in [6, 6.07) is 28.8. The molecule has 224 valence electrons. The summed E-state index contributed by atoms with van der Waals surface area (Å²) >= 11 is 0. The molecule has 9 nitrogen and oxygen atoms in total. The summed E-state index contributed by atoms with van der Waals surface area (Å²) in [7, 11) is -2.55. The van der Waals surface area contributed by atoms with E-state index >= 15 is 0 Å². The Labute approximate surface area is 256 Å². The highest BCUT2D eigenvalue weighted by molar-refractivity contribution is 7.92. The Balaban J connectivity index is 1.40. The molecule has 0 unspecified atom stereocenters. The number of sulfonamides is 1. The lowest BCUT2D eigenvalue weighted by Gasteiger charge is -2.31. The summed E-state index contributed by atoms with van der Waals surface area (Å²) in [6.07, 6.45) is 0. The lowest BCUT2D eigenvalue weighted by atomic mass is 10.0. The first-order valence-electron chi connectivity index (χ1n) is 14.2. The van der Waals surface area contributed by atoms with Crippen LogP contribution in [0.4, 0.5) is 17.1 Å². The van der Waals surface area contributed by atoms with Crippen molar-refractivity contribution in [2.24, 2.45) is 0 Å². The smallest absolute Gasteiger partial charge is 0.262 e. The van der Waals surface area contributed by atoms with Gasteiger partial charge in [-0.25, -0.2) is 13.4 Å². The third-order valence-electron chi connectivity index (χ3n) is 7.54. The van der Waals surface area contributed by atoms with Crippen LogP contribution in [0.3, 0.4) is 0 Å². The van der Waals surface area contributed by atoms with Gasteiger partial charge in [0, 0.05) is 24.0 Å². The maximum Gasteiger partial charge on any atom is 0.262 e. The van der Waals surface area contributed by atoms with E-state index in [-0.39, 0.29) is 10.8 Å². The van der Waals surface area contributed by atoms with Crippen LogP contribution in [0.5, 0.6) is 5.75 Å². The van der Waals surface area contributed by atoms with Crippen molar-refractivity contribution < 1.29 is 22.7 Å². The number of benzene rings is 4. The summed E-state index contributed by atoms with van der Waals surface area (Å²) in [5.41, 5.74) is 5.18. The van der Waals surface area contributed by atoms with Gasteiger partial charge in [0.25, 0.3) is 15.9 Å². The van der Waals surface area contributed by atoms with E-state index in [1.165, 1.54) is 19.2 Å². The number of nitrogens with one attached hydrogen (secondary N) is 2. The van der Waals surface area contributed by atoms with Crippen LogP contribution in [0.1, 0.15) is 15.9 Å². The van der Waals surface area contributed by atoms with Gasteiger partial charge in [0.05, 0.1) is 59.1 Å². The molecule has 2 heterocycles. The van der Waals surface area contributed by atoms with Crippen LogP contribution < -0.4 is 19.7 Å². The van der Waals surface area contributed by atoms with E-state index in [4.69, 9.17) is 14.5 Å². The molecule has 0 atom stereocenters. The fraction of sp³-hybridized carbons (Fsp3) is 0.176. The fourth-order valence-corrected chi connectivity index (χ4v) is 6.32. The van der Waals surface area contributed by atoms with E-state index < -0.39 is 10.0 Å². The molecule has 1 aromatic heterocycles. The first kappa shape index (κ1) is 29.2. The minimum atomic E-state index is -4.03.